The lowest BCUT2D eigenvalue weighted by Crippen LogP contribution is -2.45. The fourth-order valence-corrected chi connectivity index (χ4v) is 5.66. The predicted molar refractivity (Wildman–Crippen MR) is 80.9 cm³/mol. The molecule has 4 aliphatic rings. The molecule has 0 spiro atoms. The zero-order chi connectivity index (χ0) is 12.9. The maximum Gasteiger partial charge on any atom is 0.0444 e. The van der Waals surface area contributed by atoms with Crippen LogP contribution < -0.4 is 0 Å². The van der Waals surface area contributed by atoms with Crippen LogP contribution in [-0.4, -0.2) is 0 Å². The number of halogens is 1. The number of hydrogen-bond acceptors (Lipinski definition) is 0. The minimum atomic E-state index is 0.432. The van der Waals surface area contributed by atoms with Crippen LogP contribution in [0.1, 0.15) is 44.1 Å². The lowest BCUT2D eigenvalue weighted by molar-refractivity contribution is -0.0233. The molecule has 100 valence electrons. The smallest absolute Gasteiger partial charge is 0.0444 e. The van der Waals surface area contributed by atoms with Crippen LogP contribution in [0.5, 0.6) is 0 Å². The van der Waals surface area contributed by atoms with E-state index in [1.54, 1.807) is 0 Å². The highest BCUT2D eigenvalue weighted by Gasteiger charge is 2.49. The van der Waals surface area contributed by atoms with Crippen molar-refractivity contribution in [2.75, 3.05) is 0 Å². The van der Waals surface area contributed by atoms with Crippen molar-refractivity contribution in [1.29, 1.82) is 0 Å². The van der Waals surface area contributed by atoms with Crippen LogP contribution in [0.3, 0.4) is 0 Å². The molecule has 1 heteroatoms. The van der Waals surface area contributed by atoms with E-state index < -0.39 is 0 Å². The van der Waals surface area contributed by atoms with E-state index in [1.165, 1.54) is 44.1 Å². The van der Waals surface area contributed by atoms with Gasteiger partial charge in [0.25, 0.3) is 0 Å². The Morgan fingerprint density at radius 1 is 0.947 bits per heavy atom. The minimum Gasteiger partial charge on any atom is -0.0840 e. The van der Waals surface area contributed by atoms with E-state index in [9.17, 15) is 0 Å². The van der Waals surface area contributed by atoms with Gasteiger partial charge in [-0.2, -0.15) is 0 Å². The third-order valence-electron chi connectivity index (χ3n) is 5.57. The summed E-state index contributed by atoms with van der Waals surface area (Å²) in [5, 5.41) is 0.975. The monoisotopic (exact) mass is 272 g/mol. The summed E-state index contributed by atoms with van der Waals surface area (Å²) < 4.78 is 0. The highest BCUT2D eigenvalue weighted by Crippen LogP contribution is 2.61. The van der Waals surface area contributed by atoms with Crippen LogP contribution in [0.4, 0.5) is 0 Å². The molecule has 0 aliphatic heterocycles. The summed E-state index contributed by atoms with van der Waals surface area (Å²) in [5.74, 6) is 2.97. The molecule has 19 heavy (non-hydrogen) atoms. The van der Waals surface area contributed by atoms with Crippen molar-refractivity contribution < 1.29 is 0 Å². The van der Waals surface area contributed by atoms with E-state index in [1.807, 2.05) is 0 Å². The molecule has 4 saturated carbocycles. The quantitative estimate of drug-likeness (QED) is 0.668. The van der Waals surface area contributed by atoms with Gasteiger partial charge in [-0.05, 0) is 67.3 Å². The van der Waals surface area contributed by atoms with Crippen LogP contribution in [0.2, 0.25) is 0 Å². The van der Waals surface area contributed by atoms with Crippen LogP contribution in [0.15, 0.2) is 36.4 Å². The Kier molecular flexibility index (Phi) is 2.77. The summed E-state index contributed by atoms with van der Waals surface area (Å²) in [6, 6.07) is 10.5. The Labute approximate surface area is 120 Å². The standard InChI is InChI=1S/C18H21Cl/c19-17(16-4-2-1-3-5-16)12-18-9-13-6-14(10-18)8-15(7-13)11-18/h1-5,12-15H,6-11H2/b17-12-. The van der Waals surface area contributed by atoms with Crippen LogP contribution in [0, 0.1) is 23.2 Å². The molecule has 0 nitrogen and oxygen atoms in total. The fraction of sp³-hybridized carbons (Fsp3) is 0.556. The molecule has 0 atom stereocenters. The van der Waals surface area contributed by atoms with Gasteiger partial charge in [0.05, 0.1) is 0 Å². The van der Waals surface area contributed by atoms with Crippen LogP contribution in [0.25, 0.3) is 5.03 Å². The van der Waals surface area contributed by atoms with Gasteiger partial charge in [-0.25, -0.2) is 0 Å². The van der Waals surface area contributed by atoms with Gasteiger partial charge in [-0.15, -0.1) is 0 Å². The second-order valence-corrected chi connectivity index (χ2v) is 7.55. The first kappa shape index (κ1) is 12.0. The van der Waals surface area contributed by atoms with Crippen molar-refractivity contribution in [1.82, 2.24) is 0 Å². The second kappa shape index (κ2) is 4.38. The number of allylic oxidation sites excluding steroid dienone is 1. The average molecular weight is 273 g/mol. The Morgan fingerprint density at radius 2 is 1.47 bits per heavy atom. The third kappa shape index (κ3) is 2.14. The van der Waals surface area contributed by atoms with Gasteiger partial charge < -0.3 is 0 Å². The zero-order valence-corrected chi connectivity index (χ0v) is 12.1. The van der Waals surface area contributed by atoms with Crippen LogP contribution >= 0.6 is 11.6 Å². The van der Waals surface area contributed by atoms with Gasteiger partial charge in [-0.1, -0.05) is 48.0 Å². The van der Waals surface area contributed by atoms with Crippen molar-refractivity contribution in [2.45, 2.75) is 38.5 Å². The molecule has 0 aromatic heterocycles. The SMILES string of the molecule is Cl/C(=C\C12CC3CC(CC(C3)C1)C2)c1ccccc1. The highest BCUT2D eigenvalue weighted by atomic mass is 35.5. The zero-order valence-electron chi connectivity index (χ0n) is 11.3. The van der Waals surface area contributed by atoms with Gasteiger partial charge in [0.15, 0.2) is 0 Å². The molecule has 5 rings (SSSR count). The van der Waals surface area contributed by atoms with E-state index in [0.717, 1.165) is 22.8 Å². The molecule has 1 aromatic rings. The number of rotatable bonds is 2. The summed E-state index contributed by atoms with van der Waals surface area (Å²) >= 11 is 6.60. The molecular formula is C18H21Cl. The molecule has 4 aliphatic carbocycles. The molecule has 4 bridgehead atoms. The number of hydrogen-bond donors (Lipinski definition) is 0. The maximum atomic E-state index is 6.60. The Morgan fingerprint density at radius 3 is 2.00 bits per heavy atom. The van der Waals surface area contributed by atoms with Gasteiger partial charge in [0.2, 0.25) is 0 Å². The predicted octanol–water partition coefficient (Wildman–Crippen LogP) is 5.48. The van der Waals surface area contributed by atoms with Crippen molar-refractivity contribution in [2.24, 2.45) is 23.2 Å². The van der Waals surface area contributed by atoms with E-state index in [0.29, 0.717) is 5.41 Å². The lowest BCUT2D eigenvalue weighted by Gasteiger charge is -2.56. The molecule has 4 fully saturated rings. The summed E-state index contributed by atoms with van der Waals surface area (Å²) in [5.41, 5.74) is 1.61. The third-order valence-corrected chi connectivity index (χ3v) is 5.90. The molecular weight excluding hydrogens is 252 g/mol. The van der Waals surface area contributed by atoms with Gasteiger partial charge in [0.1, 0.15) is 0 Å². The van der Waals surface area contributed by atoms with Crippen LogP contribution in [-0.2, 0) is 0 Å². The van der Waals surface area contributed by atoms with Crippen molar-refractivity contribution in [3.05, 3.63) is 42.0 Å². The first-order chi connectivity index (χ1) is 9.22. The topological polar surface area (TPSA) is 0 Å². The van der Waals surface area contributed by atoms with E-state index in [2.05, 4.69) is 36.4 Å². The summed E-state index contributed by atoms with van der Waals surface area (Å²) in [6.45, 7) is 0. The average Bonchev–Trinajstić information content (AvgIpc) is 2.37. The lowest BCUT2D eigenvalue weighted by atomic mass is 9.49. The molecule has 0 radical (unpaired) electrons. The number of benzene rings is 1. The summed E-state index contributed by atoms with van der Waals surface area (Å²) in [7, 11) is 0. The fourth-order valence-electron chi connectivity index (χ4n) is 5.30. The normalized spacial score (nSPS) is 40.7. The first-order valence-corrected chi connectivity index (χ1v) is 8.04. The van der Waals surface area contributed by atoms with Gasteiger partial charge in [0, 0.05) is 5.03 Å². The van der Waals surface area contributed by atoms with Crippen molar-refractivity contribution in [3.63, 3.8) is 0 Å². The highest BCUT2D eigenvalue weighted by molar-refractivity contribution is 6.48. The summed E-state index contributed by atoms with van der Waals surface area (Å²) in [4.78, 5) is 0. The van der Waals surface area contributed by atoms with Crippen molar-refractivity contribution in [3.8, 4) is 0 Å². The molecule has 1 aromatic carbocycles. The Balaban J connectivity index is 1.65. The molecule has 0 N–H and O–H groups in total. The Hall–Kier alpha value is -0.750. The van der Waals surface area contributed by atoms with Crippen molar-refractivity contribution >= 4 is 16.6 Å². The molecule has 0 heterocycles. The molecule has 0 amide bonds. The van der Waals surface area contributed by atoms with E-state index >= 15 is 0 Å². The van der Waals surface area contributed by atoms with Gasteiger partial charge >= 0.3 is 0 Å². The maximum absolute atomic E-state index is 6.60. The minimum absolute atomic E-state index is 0.432. The van der Waals surface area contributed by atoms with Gasteiger partial charge in [-0.3, -0.25) is 0 Å². The van der Waals surface area contributed by atoms with E-state index in [-0.39, 0.29) is 0 Å². The van der Waals surface area contributed by atoms with E-state index in [4.69, 9.17) is 11.6 Å². The first-order valence-electron chi connectivity index (χ1n) is 7.66. The second-order valence-electron chi connectivity index (χ2n) is 7.14. The largest absolute Gasteiger partial charge is 0.0840 e. The summed E-state index contributed by atoms with van der Waals surface area (Å²) in [6.07, 6.45) is 11.1. The molecule has 0 unspecified atom stereocenters. The Bertz CT molecular complexity index is 464. The molecule has 0 saturated heterocycles.